The zero-order chi connectivity index (χ0) is 26.8. The third kappa shape index (κ3) is 5.83. The van der Waals surface area contributed by atoms with E-state index in [0.717, 1.165) is 36.4 Å². The van der Waals surface area contributed by atoms with E-state index in [-0.39, 0.29) is 17.3 Å². The van der Waals surface area contributed by atoms with E-state index < -0.39 is 52.9 Å². The highest BCUT2D eigenvalue weighted by Crippen LogP contribution is 2.30. The predicted octanol–water partition coefficient (Wildman–Crippen LogP) is 4.01. The van der Waals surface area contributed by atoms with Crippen molar-refractivity contribution in [2.45, 2.75) is 45.2 Å². The highest BCUT2D eigenvalue weighted by molar-refractivity contribution is 5.91. The van der Waals surface area contributed by atoms with E-state index in [1.807, 2.05) is 0 Å². The van der Waals surface area contributed by atoms with Gasteiger partial charge >= 0.3 is 18.0 Å². The number of hydrogen-bond donors (Lipinski definition) is 1. The van der Waals surface area contributed by atoms with Gasteiger partial charge in [-0.15, -0.1) is 0 Å². The molecule has 0 aliphatic rings. The quantitative estimate of drug-likeness (QED) is 0.504. The summed E-state index contributed by atoms with van der Waals surface area (Å²) in [5.41, 5.74) is -4.87. The van der Waals surface area contributed by atoms with Crippen molar-refractivity contribution in [1.82, 2.24) is 19.7 Å². The lowest BCUT2D eigenvalue weighted by Crippen LogP contribution is -2.47. The van der Waals surface area contributed by atoms with Gasteiger partial charge in [0.05, 0.1) is 23.4 Å². The number of amides is 1. The molecule has 1 aromatic heterocycles. The first-order chi connectivity index (χ1) is 16.7. The minimum absolute atomic E-state index is 0.139. The first kappa shape index (κ1) is 26.7. The Morgan fingerprint density at radius 2 is 1.42 bits per heavy atom. The number of halogens is 6. The molecule has 7 nitrogen and oxygen atoms in total. The molecule has 0 fully saturated rings. The maximum atomic E-state index is 13.1. The van der Waals surface area contributed by atoms with Crippen LogP contribution in [0.25, 0.3) is 5.69 Å². The van der Waals surface area contributed by atoms with Crippen LogP contribution < -0.4 is 16.6 Å². The Morgan fingerprint density at radius 3 is 1.89 bits per heavy atom. The Morgan fingerprint density at radius 1 is 0.917 bits per heavy atom. The molecule has 0 aliphatic heterocycles. The van der Waals surface area contributed by atoms with Gasteiger partial charge in [0, 0.05) is 6.04 Å². The normalized spacial score (nSPS) is 12.9. The molecule has 0 unspecified atom stereocenters. The SMILES string of the molecule is CC[C@@H](C)NC(=O)c1nn(-c2ccc(C(F)(F)F)cc2)c(=O)n(Cc2ccc(C(F)(F)F)cc2)c1=O. The molecule has 36 heavy (non-hydrogen) atoms. The number of hydrogen-bond acceptors (Lipinski definition) is 4. The van der Waals surface area contributed by atoms with Crippen LogP contribution in [0.1, 0.15) is 47.4 Å². The maximum absolute atomic E-state index is 13.1. The molecule has 1 amide bonds. The second-order valence-electron chi connectivity index (χ2n) is 7.96. The second-order valence-corrected chi connectivity index (χ2v) is 7.96. The molecule has 1 atom stereocenters. The number of nitrogens with one attached hydrogen (secondary N) is 1. The molecular formula is C23H20F6N4O3. The molecule has 13 heteroatoms. The highest BCUT2D eigenvalue weighted by atomic mass is 19.4. The van der Waals surface area contributed by atoms with E-state index in [4.69, 9.17) is 0 Å². The fourth-order valence-corrected chi connectivity index (χ4v) is 3.13. The van der Waals surface area contributed by atoms with Crippen molar-refractivity contribution in [3.05, 3.63) is 91.8 Å². The minimum Gasteiger partial charge on any atom is -0.348 e. The third-order valence-corrected chi connectivity index (χ3v) is 5.33. The molecule has 1 N–H and O–H groups in total. The second kappa shape index (κ2) is 9.99. The molecule has 3 aromatic rings. The van der Waals surface area contributed by atoms with Crippen LogP contribution in [0, 0.1) is 0 Å². The van der Waals surface area contributed by atoms with E-state index in [1.165, 1.54) is 0 Å². The lowest BCUT2D eigenvalue weighted by Gasteiger charge is -2.15. The average molecular weight is 514 g/mol. The third-order valence-electron chi connectivity index (χ3n) is 5.33. The lowest BCUT2D eigenvalue weighted by atomic mass is 10.1. The molecule has 1 heterocycles. The Hall–Kier alpha value is -3.90. The van der Waals surface area contributed by atoms with Crippen LogP contribution in [0.4, 0.5) is 26.3 Å². The molecule has 0 bridgehead atoms. The van der Waals surface area contributed by atoms with Crippen molar-refractivity contribution in [3.8, 4) is 5.69 Å². The minimum atomic E-state index is -4.64. The number of carbonyl (C=O) groups excluding carboxylic acids is 1. The first-order valence-corrected chi connectivity index (χ1v) is 10.6. The summed E-state index contributed by atoms with van der Waals surface area (Å²) >= 11 is 0. The van der Waals surface area contributed by atoms with Crippen LogP contribution in [0.2, 0.25) is 0 Å². The first-order valence-electron chi connectivity index (χ1n) is 10.6. The number of nitrogens with zero attached hydrogens (tertiary/aromatic N) is 3. The van der Waals surface area contributed by atoms with Crippen LogP contribution >= 0.6 is 0 Å². The van der Waals surface area contributed by atoms with Gasteiger partial charge in [-0.2, -0.15) is 36.1 Å². The average Bonchev–Trinajstić information content (AvgIpc) is 2.81. The van der Waals surface area contributed by atoms with Gasteiger partial charge < -0.3 is 5.32 Å². The van der Waals surface area contributed by atoms with E-state index in [9.17, 15) is 40.7 Å². The topological polar surface area (TPSA) is 86.0 Å². The molecule has 0 saturated heterocycles. The van der Waals surface area contributed by atoms with Gasteiger partial charge in [0.15, 0.2) is 0 Å². The monoisotopic (exact) mass is 514 g/mol. The number of carbonyl (C=O) groups is 1. The van der Waals surface area contributed by atoms with E-state index in [1.54, 1.807) is 13.8 Å². The molecule has 2 aromatic carbocycles. The zero-order valence-electron chi connectivity index (χ0n) is 18.9. The van der Waals surface area contributed by atoms with Crippen LogP contribution in [-0.2, 0) is 18.9 Å². The number of aromatic nitrogens is 3. The summed E-state index contributed by atoms with van der Waals surface area (Å²) < 4.78 is 78.6. The molecule has 0 spiro atoms. The predicted molar refractivity (Wildman–Crippen MR) is 117 cm³/mol. The summed E-state index contributed by atoms with van der Waals surface area (Å²) in [6, 6.07) is 6.60. The number of rotatable bonds is 6. The Balaban J connectivity index is 2.14. The lowest BCUT2D eigenvalue weighted by molar-refractivity contribution is -0.138. The summed E-state index contributed by atoms with van der Waals surface area (Å²) in [7, 11) is 0. The fraction of sp³-hybridized carbons (Fsp3) is 0.304. The van der Waals surface area contributed by atoms with Crippen molar-refractivity contribution in [2.24, 2.45) is 0 Å². The Bertz CT molecular complexity index is 1360. The summed E-state index contributed by atoms with van der Waals surface area (Å²) in [6.07, 6.45) is -8.73. The van der Waals surface area contributed by atoms with Crippen molar-refractivity contribution in [2.75, 3.05) is 0 Å². The molecule has 0 saturated carbocycles. The van der Waals surface area contributed by atoms with Gasteiger partial charge in [-0.05, 0) is 55.3 Å². The summed E-state index contributed by atoms with van der Waals surface area (Å²) in [5.74, 6) is -0.920. The molecule has 192 valence electrons. The van der Waals surface area contributed by atoms with Crippen LogP contribution in [-0.4, -0.2) is 26.3 Å². The zero-order valence-corrected chi connectivity index (χ0v) is 18.9. The van der Waals surface area contributed by atoms with Crippen LogP contribution in [0.15, 0.2) is 58.1 Å². The van der Waals surface area contributed by atoms with Gasteiger partial charge in [-0.3, -0.25) is 14.2 Å². The molecular weight excluding hydrogens is 494 g/mol. The molecule has 3 rings (SSSR count). The van der Waals surface area contributed by atoms with E-state index >= 15 is 0 Å². The summed E-state index contributed by atoms with van der Waals surface area (Å²) in [5, 5.41) is 6.32. The van der Waals surface area contributed by atoms with Gasteiger partial charge in [-0.25, -0.2) is 4.79 Å². The van der Waals surface area contributed by atoms with Crippen LogP contribution in [0.5, 0.6) is 0 Å². The maximum Gasteiger partial charge on any atom is 0.416 e. The number of benzene rings is 2. The van der Waals surface area contributed by atoms with Crippen molar-refractivity contribution >= 4 is 5.91 Å². The van der Waals surface area contributed by atoms with Crippen molar-refractivity contribution in [1.29, 1.82) is 0 Å². The standard InChI is InChI=1S/C23H20F6N4O3/c1-3-13(2)30-19(34)18-20(35)32(12-14-4-6-15(7-5-14)22(24,25)26)21(36)33(31-18)17-10-8-16(9-11-17)23(27,28)29/h4-11,13H,3,12H2,1-2H3,(H,30,34)/t13-/m1/s1. The van der Waals surface area contributed by atoms with Crippen molar-refractivity contribution in [3.63, 3.8) is 0 Å². The largest absolute Gasteiger partial charge is 0.416 e. The summed E-state index contributed by atoms with van der Waals surface area (Å²) in [6.45, 7) is 2.91. The van der Waals surface area contributed by atoms with Crippen LogP contribution in [0.3, 0.4) is 0 Å². The number of alkyl halides is 6. The smallest absolute Gasteiger partial charge is 0.348 e. The van der Waals surface area contributed by atoms with E-state index in [2.05, 4.69) is 10.4 Å². The van der Waals surface area contributed by atoms with Gasteiger partial charge in [0.2, 0.25) is 5.69 Å². The fourth-order valence-electron chi connectivity index (χ4n) is 3.13. The highest BCUT2D eigenvalue weighted by Gasteiger charge is 2.31. The van der Waals surface area contributed by atoms with Gasteiger partial charge in [-0.1, -0.05) is 19.1 Å². The molecule has 0 radical (unpaired) electrons. The molecule has 0 aliphatic carbocycles. The summed E-state index contributed by atoms with van der Waals surface area (Å²) in [4.78, 5) is 38.8. The Kier molecular flexibility index (Phi) is 7.41. The van der Waals surface area contributed by atoms with Crippen molar-refractivity contribution < 1.29 is 31.1 Å². The van der Waals surface area contributed by atoms with E-state index in [0.29, 0.717) is 27.8 Å². The van der Waals surface area contributed by atoms with Gasteiger partial charge in [0.1, 0.15) is 0 Å². The van der Waals surface area contributed by atoms with Gasteiger partial charge in [0.25, 0.3) is 11.5 Å². The Labute approximate surface area is 200 Å².